The molecule has 1 saturated heterocycles. The van der Waals surface area contributed by atoms with Crippen LogP contribution in [-0.4, -0.2) is 25.0 Å². The molecule has 1 atom stereocenters. The third-order valence-corrected chi connectivity index (χ3v) is 4.12. The average Bonchev–Trinajstić information content (AvgIpc) is 2.66. The maximum Gasteiger partial charge on any atom is 0.0485 e. The van der Waals surface area contributed by atoms with Crippen molar-refractivity contribution in [1.29, 1.82) is 0 Å². The second kappa shape index (κ2) is 7.49. The molecule has 2 rings (SSSR count). The number of anilines is 1. The Morgan fingerprint density at radius 3 is 3.11 bits per heavy atom. The lowest BCUT2D eigenvalue weighted by atomic mass is 10.1. The topological polar surface area (TPSA) is 21.3 Å². The molecule has 1 fully saturated rings. The van der Waals surface area contributed by atoms with Crippen molar-refractivity contribution in [1.82, 2.24) is 0 Å². The second-order valence-electron chi connectivity index (χ2n) is 4.48. The maximum atomic E-state index is 5.50. The van der Waals surface area contributed by atoms with E-state index in [1.165, 1.54) is 17.0 Å². The SMILES string of the molecule is C=CCSc1ccccc1NC1CCCOCC1. The summed E-state index contributed by atoms with van der Waals surface area (Å²) in [4.78, 5) is 1.31. The van der Waals surface area contributed by atoms with Crippen LogP contribution in [0.1, 0.15) is 19.3 Å². The Morgan fingerprint density at radius 2 is 2.22 bits per heavy atom. The van der Waals surface area contributed by atoms with Gasteiger partial charge in [-0.2, -0.15) is 0 Å². The van der Waals surface area contributed by atoms with E-state index in [1.54, 1.807) is 0 Å². The minimum absolute atomic E-state index is 0.540. The molecular weight excluding hydrogens is 242 g/mol. The summed E-state index contributed by atoms with van der Waals surface area (Å²) >= 11 is 1.83. The zero-order chi connectivity index (χ0) is 12.6. The van der Waals surface area contributed by atoms with Crippen molar-refractivity contribution in [3.63, 3.8) is 0 Å². The van der Waals surface area contributed by atoms with Gasteiger partial charge in [0.15, 0.2) is 0 Å². The van der Waals surface area contributed by atoms with Crippen LogP contribution in [0.5, 0.6) is 0 Å². The van der Waals surface area contributed by atoms with Gasteiger partial charge in [-0.25, -0.2) is 0 Å². The maximum absolute atomic E-state index is 5.50. The molecule has 1 unspecified atom stereocenters. The highest BCUT2D eigenvalue weighted by Gasteiger charge is 2.13. The molecule has 0 spiro atoms. The number of benzene rings is 1. The van der Waals surface area contributed by atoms with Crippen LogP contribution < -0.4 is 5.32 Å². The number of hydrogen-bond donors (Lipinski definition) is 1. The van der Waals surface area contributed by atoms with E-state index >= 15 is 0 Å². The summed E-state index contributed by atoms with van der Waals surface area (Å²) in [6.07, 6.45) is 5.39. The van der Waals surface area contributed by atoms with Crippen molar-refractivity contribution in [2.45, 2.75) is 30.2 Å². The molecule has 3 heteroatoms. The molecule has 1 N–H and O–H groups in total. The zero-order valence-corrected chi connectivity index (χ0v) is 11.5. The third kappa shape index (κ3) is 4.07. The highest BCUT2D eigenvalue weighted by atomic mass is 32.2. The van der Waals surface area contributed by atoms with Gasteiger partial charge in [0.05, 0.1) is 0 Å². The van der Waals surface area contributed by atoms with Crippen LogP contribution in [0.4, 0.5) is 5.69 Å². The van der Waals surface area contributed by atoms with Crippen LogP contribution in [0.3, 0.4) is 0 Å². The molecule has 1 aromatic carbocycles. The molecule has 0 aromatic heterocycles. The Balaban J connectivity index is 2.00. The summed E-state index contributed by atoms with van der Waals surface area (Å²) in [6, 6.07) is 9.05. The van der Waals surface area contributed by atoms with Crippen molar-refractivity contribution >= 4 is 17.4 Å². The van der Waals surface area contributed by atoms with Crippen LogP contribution in [0.15, 0.2) is 41.8 Å². The molecule has 98 valence electrons. The normalized spacial score (nSPS) is 20.1. The summed E-state index contributed by atoms with van der Waals surface area (Å²) in [5, 5.41) is 3.66. The van der Waals surface area contributed by atoms with Crippen molar-refractivity contribution in [2.75, 3.05) is 24.3 Å². The van der Waals surface area contributed by atoms with Crippen LogP contribution in [0.2, 0.25) is 0 Å². The molecule has 0 saturated carbocycles. The lowest BCUT2D eigenvalue weighted by molar-refractivity contribution is 0.144. The number of ether oxygens (including phenoxy) is 1. The highest BCUT2D eigenvalue weighted by molar-refractivity contribution is 7.99. The van der Waals surface area contributed by atoms with Crippen molar-refractivity contribution in [2.24, 2.45) is 0 Å². The van der Waals surface area contributed by atoms with Gasteiger partial charge in [0.2, 0.25) is 0 Å². The predicted molar refractivity (Wildman–Crippen MR) is 79.4 cm³/mol. The fourth-order valence-electron chi connectivity index (χ4n) is 2.13. The minimum atomic E-state index is 0.540. The predicted octanol–water partition coefficient (Wildman–Crippen LogP) is 3.95. The Bertz CT molecular complexity index is 373. The van der Waals surface area contributed by atoms with E-state index in [1.807, 2.05) is 17.8 Å². The first kappa shape index (κ1) is 13.5. The first-order chi connectivity index (χ1) is 8.90. The van der Waals surface area contributed by atoms with E-state index < -0.39 is 0 Å². The van der Waals surface area contributed by atoms with Crippen LogP contribution in [0, 0.1) is 0 Å². The standard InChI is InChI=1S/C15H21NOS/c1-2-12-18-15-8-4-3-7-14(15)16-13-6-5-10-17-11-9-13/h2-4,7-8,13,16H,1,5-6,9-12H2. The molecule has 2 nitrogen and oxygen atoms in total. The molecule has 1 aromatic rings. The van der Waals surface area contributed by atoms with Crippen molar-refractivity contribution in [3.8, 4) is 0 Å². The minimum Gasteiger partial charge on any atom is -0.381 e. The van der Waals surface area contributed by atoms with Gasteiger partial charge in [-0.1, -0.05) is 18.2 Å². The first-order valence-corrected chi connectivity index (χ1v) is 7.55. The fraction of sp³-hybridized carbons (Fsp3) is 0.467. The third-order valence-electron chi connectivity index (χ3n) is 3.06. The summed E-state index contributed by atoms with van der Waals surface area (Å²) in [5.41, 5.74) is 1.25. The number of para-hydroxylation sites is 1. The van der Waals surface area contributed by atoms with E-state index in [4.69, 9.17) is 4.74 Å². The Hall–Kier alpha value is -0.930. The summed E-state index contributed by atoms with van der Waals surface area (Å²) in [6.45, 7) is 5.56. The zero-order valence-electron chi connectivity index (χ0n) is 10.7. The molecule has 1 heterocycles. The van der Waals surface area contributed by atoms with Crippen LogP contribution in [0.25, 0.3) is 0 Å². The van der Waals surface area contributed by atoms with E-state index in [0.29, 0.717) is 6.04 Å². The second-order valence-corrected chi connectivity index (χ2v) is 5.54. The summed E-state index contributed by atoms with van der Waals surface area (Å²) < 4.78 is 5.50. The Kier molecular flexibility index (Phi) is 5.62. The molecule has 18 heavy (non-hydrogen) atoms. The summed E-state index contributed by atoms with van der Waals surface area (Å²) in [7, 11) is 0. The Labute approximate surface area is 114 Å². The van der Waals surface area contributed by atoms with Crippen LogP contribution >= 0.6 is 11.8 Å². The average molecular weight is 263 g/mol. The van der Waals surface area contributed by atoms with Gasteiger partial charge in [0.25, 0.3) is 0 Å². The van der Waals surface area contributed by atoms with E-state index in [-0.39, 0.29) is 0 Å². The van der Waals surface area contributed by atoms with Crippen molar-refractivity contribution < 1.29 is 4.74 Å². The van der Waals surface area contributed by atoms with Gasteiger partial charge in [-0.3, -0.25) is 0 Å². The van der Waals surface area contributed by atoms with Gasteiger partial charge < -0.3 is 10.1 Å². The van der Waals surface area contributed by atoms with Gasteiger partial charge in [-0.05, 0) is 31.4 Å². The van der Waals surface area contributed by atoms with Gasteiger partial charge >= 0.3 is 0 Å². The van der Waals surface area contributed by atoms with E-state index in [0.717, 1.165) is 31.8 Å². The molecule has 1 aliphatic rings. The summed E-state index contributed by atoms with van der Waals surface area (Å²) in [5.74, 6) is 0.951. The Morgan fingerprint density at radius 1 is 1.33 bits per heavy atom. The lowest BCUT2D eigenvalue weighted by Gasteiger charge is -2.19. The first-order valence-electron chi connectivity index (χ1n) is 6.57. The molecule has 0 radical (unpaired) electrons. The molecule has 0 aliphatic carbocycles. The molecule has 0 amide bonds. The molecule has 0 bridgehead atoms. The highest BCUT2D eigenvalue weighted by Crippen LogP contribution is 2.28. The van der Waals surface area contributed by atoms with E-state index in [2.05, 4.69) is 36.2 Å². The van der Waals surface area contributed by atoms with Crippen LogP contribution in [-0.2, 0) is 4.74 Å². The molecular formula is C15H21NOS. The van der Waals surface area contributed by atoms with Gasteiger partial charge in [-0.15, -0.1) is 18.3 Å². The smallest absolute Gasteiger partial charge is 0.0485 e. The quantitative estimate of drug-likeness (QED) is 0.642. The number of hydrogen-bond acceptors (Lipinski definition) is 3. The van der Waals surface area contributed by atoms with Gasteiger partial charge in [0.1, 0.15) is 0 Å². The molecule has 1 aliphatic heterocycles. The number of thioether (sulfide) groups is 1. The fourth-order valence-corrected chi connectivity index (χ4v) is 2.88. The number of rotatable bonds is 5. The van der Waals surface area contributed by atoms with Gasteiger partial charge in [0, 0.05) is 35.6 Å². The lowest BCUT2D eigenvalue weighted by Crippen LogP contribution is -2.19. The number of nitrogens with one attached hydrogen (secondary N) is 1. The van der Waals surface area contributed by atoms with E-state index in [9.17, 15) is 0 Å². The monoisotopic (exact) mass is 263 g/mol. The van der Waals surface area contributed by atoms with Crippen molar-refractivity contribution in [3.05, 3.63) is 36.9 Å². The largest absolute Gasteiger partial charge is 0.381 e.